The zero-order valence-electron chi connectivity index (χ0n) is 10.8. The van der Waals surface area contributed by atoms with E-state index in [4.69, 9.17) is 11.6 Å². The molecule has 1 aliphatic heterocycles. The van der Waals surface area contributed by atoms with Crippen LogP contribution in [0.5, 0.6) is 0 Å². The van der Waals surface area contributed by atoms with Crippen LogP contribution in [0.3, 0.4) is 0 Å². The van der Waals surface area contributed by atoms with Crippen LogP contribution in [-0.2, 0) is 11.3 Å². The Hall–Kier alpha value is -1.06. The third-order valence-electron chi connectivity index (χ3n) is 3.51. The second-order valence-electron chi connectivity index (χ2n) is 5.02. The predicted molar refractivity (Wildman–Crippen MR) is 73.5 cm³/mol. The lowest BCUT2D eigenvalue weighted by Gasteiger charge is -2.23. The van der Waals surface area contributed by atoms with Gasteiger partial charge in [-0.25, -0.2) is 0 Å². The molecule has 1 amide bonds. The van der Waals surface area contributed by atoms with Crippen LogP contribution < -0.4 is 5.32 Å². The van der Waals surface area contributed by atoms with E-state index >= 15 is 0 Å². The topological polar surface area (TPSA) is 32.3 Å². The summed E-state index contributed by atoms with van der Waals surface area (Å²) in [7, 11) is 1.85. The van der Waals surface area contributed by atoms with Crippen molar-refractivity contribution in [3.8, 4) is 0 Å². The molecule has 1 aliphatic rings. The molecular weight excluding hydrogens is 248 g/mol. The van der Waals surface area contributed by atoms with Gasteiger partial charge in [0.15, 0.2) is 0 Å². The molecule has 3 nitrogen and oxygen atoms in total. The van der Waals surface area contributed by atoms with Crippen molar-refractivity contribution >= 4 is 17.5 Å². The van der Waals surface area contributed by atoms with Crippen LogP contribution in [0.4, 0.5) is 0 Å². The lowest BCUT2D eigenvalue weighted by atomic mass is 10.0. The zero-order chi connectivity index (χ0) is 13.1. The van der Waals surface area contributed by atoms with Crippen molar-refractivity contribution in [2.45, 2.75) is 25.9 Å². The smallest absolute Gasteiger partial charge is 0.240 e. The summed E-state index contributed by atoms with van der Waals surface area (Å²) in [5.41, 5.74) is 1.10. The van der Waals surface area contributed by atoms with Gasteiger partial charge in [-0.1, -0.05) is 30.7 Å². The lowest BCUT2D eigenvalue weighted by molar-refractivity contribution is -0.133. The molecule has 0 radical (unpaired) electrons. The predicted octanol–water partition coefficient (Wildman–Crippen LogP) is 2.30. The first-order valence-corrected chi connectivity index (χ1v) is 6.68. The molecule has 0 aliphatic carbocycles. The highest BCUT2D eigenvalue weighted by Gasteiger charge is 2.31. The Morgan fingerprint density at radius 2 is 2.11 bits per heavy atom. The highest BCUT2D eigenvalue weighted by Crippen LogP contribution is 2.17. The van der Waals surface area contributed by atoms with E-state index in [2.05, 4.69) is 12.2 Å². The molecule has 0 saturated carbocycles. The van der Waals surface area contributed by atoms with E-state index in [9.17, 15) is 4.79 Å². The van der Waals surface area contributed by atoms with E-state index in [1.54, 1.807) is 4.90 Å². The SMILES string of the molecule is CC1CCNC1C(=O)N(C)Cc1ccc(Cl)cc1. The number of nitrogens with one attached hydrogen (secondary N) is 1. The normalized spacial score (nSPS) is 23.1. The van der Waals surface area contributed by atoms with Crippen LogP contribution in [0.2, 0.25) is 5.02 Å². The summed E-state index contributed by atoms with van der Waals surface area (Å²) in [5, 5.41) is 3.99. The molecule has 1 N–H and O–H groups in total. The van der Waals surface area contributed by atoms with Crippen molar-refractivity contribution in [1.82, 2.24) is 10.2 Å². The fourth-order valence-corrected chi connectivity index (χ4v) is 2.47. The average molecular weight is 267 g/mol. The minimum absolute atomic E-state index is 0.0256. The summed E-state index contributed by atoms with van der Waals surface area (Å²) in [5.74, 6) is 0.597. The molecule has 0 spiro atoms. The third-order valence-corrected chi connectivity index (χ3v) is 3.76. The Morgan fingerprint density at radius 1 is 1.44 bits per heavy atom. The Kier molecular flexibility index (Phi) is 4.25. The molecule has 1 saturated heterocycles. The summed E-state index contributed by atoms with van der Waals surface area (Å²) in [4.78, 5) is 14.0. The van der Waals surface area contributed by atoms with E-state index in [1.165, 1.54) is 0 Å². The molecule has 0 bridgehead atoms. The number of rotatable bonds is 3. The van der Waals surface area contributed by atoms with Crippen molar-refractivity contribution in [3.05, 3.63) is 34.9 Å². The lowest BCUT2D eigenvalue weighted by Crippen LogP contribution is -2.43. The molecule has 2 rings (SSSR count). The van der Waals surface area contributed by atoms with E-state index in [-0.39, 0.29) is 11.9 Å². The Labute approximate surface area is 113 Å². The summed E-state index contributed by atoms with van der Waals surface area (Å²) >= 11 is 5.84. The number of benzene rings is 1. The van der Waals surface area contributed by atoms with Gasteiger partial charge in [-0.2, -0.15) is 0 Å². The van der Waals surface area contributed by atoms with Crippen molar-refractivity contribution in [2.24, 2.45) is 5.92 Å². The zero-order valence-corrected chi connectivity index (χ0v) is 11.6. The minimum Gasteiger partial charge on any atom is -0.340 e. The number of hydrogen-bond acceptors (Lipinski definition) is 2. The maximum atomic E-state index is 12.3. The molecule has 18 heavy (non-hydrogen) atoms. The van der Waals surface area contributed by atoms with Crippen molar-refractivity contribution in [2.75, 3.05) is 13.6 Å². The second kappa shape index (κ2) is 5.72. The quantitative estimate of drug-likeness (QED) is 0.911. The summed E-state index contributed by atoms with van der Waals surface area (Å²) in [6, 6.07) is 7.59. The number of carbonyl (C=O) groups is 1. The first kappa shape index (κ1) is 13.4. The van der Waals surface area contributed by atoms with Gasteiger partial charge >= 0.3 is 0 Å². The molecule has 1 aromatic rings. The number of likely N-dealkylation sites (N-methyl/N-ethyl adjacent to an activating group) is 1. The number of halogens is 1. The van der Waals surface area contributed by atoms with Crippen LogP contribution in [0.15, 0.2) is 24.3 Å². The summed E-state index contributed by atoms with van der Waals surface area (Å²) in [6.07, 6.45) is 1.07. The van der Waals surface area contributed by atoms with E-state index in [0.29, 0.717) is 12.5 Å². The van der Waals surface area contributed by atoms with Crippen molar-refractivity contribution in [1.29, 1.82) is 0 Å². The molecule has 1 heterocycles. The van der Waals surface area contributed by atoms with Crippen LogP contribution >= 0.6 is 11.6 Å². The maximum Gasteiger partial charge on any atom is 0.240 e. The average Bonchev–Trinajstić information content (AvgIpc) is 2.77. The molecule has 4 heteroatoms. The Bertz CT molecular complexity index is 418. The highest BCUT2D eigenvalue weighted by atomic mass is 35.5. The summed E-state index contributed by atoms with van der Waals surface area (Å²) < 4.78 is 0. The maximum absolute atomic E-state index is 12.3. The Balaban J connectivity index is 1.97. The number of nitrogens with zero attached hydrogens (tertiary/aromatic N) is 1. The molecule has 1 fully saturated rings. The van der Waals surface area contributed by atoms with Gasteiger partial charge in [0.05, 0.1) is 6.04 Å². The van der Waals surface area contributed by atoms with E-state index < -0.39 is 0 Å². The highest BCUT2D eigenvalue weighted by molar-refractivity contribution is 6.30. The van der Waals surface area contributed by atoms with Gasteiger partial charge in [0.25, 0.3) is 0 Å². The van der Waals surface area contributed by atoms with Gasteiger partial charge in [0.2, 0.25) is 5.91 Å². The van der Waals surface area contributed by atoms with E-state index in [0.717, 1.165) is 23.6 Å². The van der Waals surface area contributed by atoms with Crippen molar-refractivity contribution in [3.63, 3.8) is 0 Å². The van der Waals surface area contributed by atoms with Crippen LogP contribution in [-0.4, -0.2) is 30.4 Å². The van der Waals surface area contributed by atoms with Crippen LogP contribution in [0.1, 0.15) is 18.9 Å². The number of hydrogen-bond donors (Lipinski definition) is 1. The Morgan fingerprint density at radius 3 is 2.67 bits per heavy atom. The standard InChI is InChI=1S/C14H19ClN2O/c1-10-7-8-16-13(10)14(18)17(2)9-11-3-5-12(15)6-4-11/h3-6,10,13,16H,7-9H2,1-2H3. The molecule has 2 atom stereocenters. The molecular formula is C14H19ClN2O. The van der Waals surface area contributed by atoms with E-state index in [1.807, 2.05) is 31.3 Å². The molecule has 2 unspecified atom stereocenters. The largest absolute Gasteiger partial charge is 0.340 e. The van der Waals surface area contributed by atoms with Crippen LogP contribution in [0, 0.1) is 5.92 Å². The minimum atomic E-state index is -0.0256. The van der Waals surface area contributed by atoms with Crippen molar-refractivity contribution < 1.29 is 4.79 Å². The van der Waals surface area contributed by atoms with Crippen LogP contribution in [0.25, 0.3) is 0 Å². The fourth-order valence-electron chi connectivity index (χ4n) is 2.34. The van der Waals surface area contributed by atoms with Gasteiger partial charge in [0, 0.05) is 18.6 Å². The van der Waals surface area contributed by atoms with Gasteiger partial charge in [-0.15, -0.1) is 0 Å². The van der Waals surface area contributed by atoms with Gasteiger partial charge in [-0.3, -0.25) is 4.79 Å². The number of amides is 1. The van der Waals surface area contributed by atoms with Gasteiger partial charge in [-0.05, 0) is 36.6 Å². The number of carbonyl (C=O) groups excluding carboxylic acids is 1. The molecule has 0 aromatic heterocycles. The first-order chi connectivity index (χ1) is 8.58. The summed E-state index contributed by atoms with van der Waals surface area (Å²) in [6.45, 7) is 3.69. The second-order valence-corrected chi connectivity index (χ2v) is 5.45. The first-order valence-electron chi connectivity index (χ1n) is 6.30. The molecule has 1 aromatic carbocycles. The molecule has 98 valence electrons. The fraction of sp³-hybridized carbons (Fsp3) is 0.500. The van der Waals surface area contributed by atoms with Gasteiger partial charge in [0.1, 0.15) is 0 Å². The monoisotopic (exact) mass is 266 g/mol. The van der Waals surface area contributed by atoms with Gasteiger partial charge < -0.3 is 10.2 Å². The third kappa shape index (κ3) is 3.03.